The number of halogens is 3. The molecule has 0 bridgehead atoms. The highest BCUT2D eigenvalue weighted by atomic mass is 35.5. The van der Waals surface area contributed by atoms with E-state index in [1.807, 2.05) is 0 Å². The first-order valence-electron chi connectivity index (χ1n) is 5.98. The number of nitrogens with zero attached hydrogens (tertiary/aromatic N) is 2. The first-order valence-corrected chi connectivity index (χ1v) is 6.36. The van der Waals surface area contributed by atoms with Crippen LogP contribution in [0.3, 0.4) is 0 Å². The smallest absolute Gasteiger partial charge is 0.276 e. The Labute approximate surface area is 118 Å². The normalized spacial score (nSPS) is 13.4. The van der Waals surface area contributed by atoms with Gasteiger partial charge in [-0.1, -0.05) is 11.6 Å². The van der Waals surface area contributed by atoms with E-state index in [2.05, 4.69) is 4.98 Å². The lowest BCUT2D eigenvalue weighted by molar-refractivity contribution is 0.0984. The molecule has 102 valence electrons. The number of fused-ring (bicyclic) bond motifs is 1. The van der Waals surface area contributed by atoms with E-state index in [1.54, 1.807) is 6.07 Å². The van der Waals surface area contributed by atoms with Crippen LogP contribution in [0.15, 0.2) is 30.5 Å². The fourth-order valence-corrected chi connectivity index (χ4v) is 2.45. The fourth-order valence-electron chi connectivity index (χ4n) is 2.29. The van der Waals surface area contributed by atoms with Crippen LogP contribution in [0.4, 0.5) is 14.5 Å². The molecule has 0 radical (unpaired) electrons. The van der Waals surface area contributed by atoms with Gasteiger partial charge in [-0.2, -0.15) is 0 Å². The first kappa shape index (κ1) is 13.0. The number of anilines is 1. The van der Waals surface area contributed by atoms with E-state index < -0.39 is 11.6 Å². The highest BCUT2D eigenvalue weighted by molar-refractivity contribution is 6.31. The fraction of sp³-hybridized carbons (Fsp3) is 0.143. The molecule has 3 nitrogen and oxygen atoms in total. The summed E-state index contributed by atoms with van der Waals surface area (Å²) in [5.41, 5.74) is 0.783. The minimum atomic E-state index is -0.904. The summed E-state index contributed by atoms with van der Waals surface area (Å²) in [7, 11) is 0. The van der Waals surface area contributed by atoms with Crippen molar-refractivity contribution < 1.29 is 13.6 Å². The maximum absolute atomic E-state index is 13.7. The van der Waals surface area contributed by atoms with Crippen LogP contribution in [-0.4, -0.2) is 17.4 Å². The van der Waals surface area contributed by atoms with Crippen LogP contribution in [0, 0.1) is 11.6 Å². The molecule has 0 atom stereocenters. The number of rotatable bonds is 1. The quantitative estimate of drug-likeness (QED) is 0.809. The van der Waals surface area contributed by atoms with Crippen LogP contribution in [0.1, 0.15) is 16.1 Å². The van der Waals surface area contributed by atoms with Crippen LogP contribution >= 0.6 is 11.6 Å². The standard InChI is InChI=1S/C14H9ClF2N2O/c15-8-3-5-18-11(7-8)14(20)19-6-4-9-12(19)2-1-10(16)13(9)17/h1-3,5,7H,4,6H2. The molecule has 1 aromatic carbocycles. The third-order valence-electron chi connectivity index (χ3n) is 3.23. The van der Waals surface area contributed by atoms with Crippen LogP contribution in [0.25, 0.3) is 0 Å². The molecule has 1 aromatic heterocycles. The molecule has 0 fully saturated rings. The summed E-state index contributed by atoms with van der Waals surface area (Å²) in [6.07, 6.45) is 1.71. The van der Waals surface area contributed by atoms with Crippen molar-refractivity contribution in [3.05, 3.63) is 58.4 Å². The molecule has 2 heterocycles. The largest absolute Gasteiger partial charge is 0.306 e. The zero-order valence-corrected chi connectivity index (χ0v) is 11.0. The number of hydrogen-bond donors (Lipinski definition) is 0. The van der Waals surface area contributed by atoms with Gasteiger partial charge in [-0.15, -0.1) is 0 Å². The average Bonchev–Trinajstić information content (AvgIpc) is 2.86. The molecule has 0 saturated carbocycles. The Bertz CT molecular complexity index is 706. The Morgan fingerprint density at radius 3 is 2.85 bits per heavy atom. The predicted octanol–water partition coefficient (Wildman–Crippen LogP) is 3.22. The van der Waals surface area contributed by atoms with Crippen molar-refractivity contribution in [1.82, 2.24) is 4.98 Å². The molecule has 3 rings (SSSR count). The minimum absolute atomic E-state index is 0.176. The molecule has 2 aromatic rings. The van der Waals surface area contributed by atoms with Crippen molar-refractivity contribution in [2.45, 2.75) is 6.42 Å². The SMILES string of the molecule is O=C(c1cc(Cl)ccn1)N1CCc2c1ccc(F)c2F. The summed E-state index contributed by atoms with van der Waals surface area (Å²) in [5.74, 6) is -2.17. The zero-order valence-electron chi connectivity index (χ0n) is 10.2. The minimum Gasteiger partial charge on any atom is -0.306 e. The number of pyridine rings is 1. The van der Waals surface area contributed by atoms with E-state index in [0.29, 0.717) is 17.3 Å². The zero-order chi connectivity index (χ0) is 14.3. The highest BCUT2D eigenvalue weighted by Gasteiger charge is 2.29. The molecule has 0 saturated heterocycles. The van der Waals surface area contributed by atoms with Gasteiger partial charge in [-0.3, -0.25) is 9.78 Å². The Balaban J connectivity index is 1.99. The molecule has 6 heteroatoms. The van der Waals surface area contributed by atoms with E-state index in [0.717, 1.165) is 6.07 Å². The third-order valence-corrected chi connectivity index (χ3v) is 3.47. The van der Waals surface area contributed by atoms with Gasteiger partial charge in [-0.25, -0.2) is 8.78 Å². The van der Waals surface area contributed by atoms with E-state index >= 15 is 0 Å². The van der Waals surface area contributed by atoms with E-state index in [-0.39, 0.29) is 23.6 Å². The summed E-state index contributed by atoms with van der Waals surface area (Å²) in [6.45, 7) is 0.294. The molecule has 20 heavy (non-hydrogen) atoms. The van der Waals surface area contributed by atoms with Crippen molar-refractivity contribution >= 4 is 23.2 Å². The van der Waals surface area contributed by atoms with Crippen LogP contribution < -0.4 is 4.90 Å². The van der Waals surface area contributed by atoms with Crippen molar-refractivity contribution in [2.75, 3.05) is 11.4 Å². The number of hydrogen-bond acceptors (Lipinski definition) is 2. The van der Waals surface area contributed by atoms with Gasteiger partial charge >= 0.3 is 0 Å². The van der Waals surface area contributed by atoms with Gasteiger partial charge in [0.15, 0.2) is 11.6 Å². The van der Waals surface area contributed by atoms with Crippen molar-refractivity contribution in [1.29, 1.82) is 0 Å². The van der Waals surface area contributed by atoms with Gasteiger partial charge in [-0.05, 0) is 30.7 Å². The maximum atomic E-state index is 13.7. The van der Waals surface area contributed by atoms with Crippen molar-refractivity contribution in [3.8, 4) is 0 Å². The predicted molar refractivity (Wildman–Crippen MR) is 71.0 cm³/mol. The summed E-state index contributed by atoms with van der Waals surface area (Å²) >= 11 is 5.82. The maximum Gasteiger partial charge on any atom is 0.276 e. The lowest BCUT2D eigenvalue weighted by Crippen LogP contribution is -2.29. The molecular weight excluding hydrogens is 286 g/mol. The number of carbonyl (C=O) groups excluding carboxylic acids is 1. The van der Waals surface area contributed by atoms with Gasteiger partial charge in [0, 0.05) is 23.3 Å². The highest BCUT2D eigenvalue weighted by Crippen LogP contribution is 2.32. The summed E-state index contributed by atoms with van der Waals surface area (Å²) in [4.78, 5) is 17.7. The number of carbonyl (C=O) groups is 1. The lowest BCUT2D eigenvalue weighted by Gasteiger charge is -2.16. The first-order chi connectivity index (χ1) is 9.58. The molecule has 0 unspecified atom stereocenters. The number of amides is 1. The molecule has 1 aliphatic rings. The molecule has 1 aliphatic heterocycles. The van der Waals surface area contributed by atoms with E-state index in [4.69, 9.17) is 11.6 Å². The average molecular weight is 295 g/mol. The topological polar surface area (TPSA) is 33.2 Å². The summed E-state index contributed by atoms with van der Waals surface area (Å²) in [6, 6.07) is 5.43. The van der Waals surface area contributed by atoms with Crippen molar-refractivity contribution in [2.24, 2.45) is 0 Å². The second kappa shape index (κ2) is 4.83. The van der Waals surface area contributed by atoms with Gasteiger partial charge in [0.1, 0.15) is 5.69 Å². The Kier molecular flexibility index (Phi) is 3.14. The number of benzene rings is 1. The number of aromatic nitrogens is 1. The Hall–Kier alpha value is -2.01. The monoisotopic (exact) mass is 294 g/mol. The van der Waals surface area contributed by atoms with Gasteiger partial charge in [0.05, 0.1) is 5.69 Å². The van der Waals surface area contributed by atoms with E-state index in [9.17, 15) is 13.6 Å². The molecule has 0 aliphatic carbocycles. The summed E-state index contributed by atoms with van der Waals surface area (Å²) in [5, 5.41) is 0.396. The van der Waals surface area contributed by atoms with Gasteiger partial charge in [0.25, 0.3) is 5.91 Å². The van der Waals surface area contributed by atoms with Crippen LogP contribution in [0.5, 0.6) is 0 Å². The van der Waals surface area contributed by atoms with Gasteiger partial charge in [0.2, 0.25) is 0 Å². The lowest BCUT2D eigenvalue weighted by atomic mass is 10.1. The second-order valence-corrected chi connectivity index (χ2v) is 4.86. The van der Waals surface area contributed by atoms with Crippen LogP contribution in [-0.2, 0) is 6.42 Å². The molecule has 0 N–H and O–H groups in total. The molecule has 0 spiro atoms. The Morgan fingerprint density at radius 1 is 1.30 bits per heavy atom. The molecular formula is C14H9ClF2N2O. The summed E-state index contributed by atoms with van der Waals surface area (Å²) < 4.78 is 26.8. The van der Waals surface area contributed by atoms with E-state index in [1.165, 1.54) is 23.2 Å². The van der Waals surface area contributed by atoms with Crippen molar-refractivity contribution in [3.63, 3.8) is 0 Å². The Morgan fingerprint density at radius 2 is 2.10 bits per heavy atom. The van der Waals surface area contributed by atoms with Crippen LogP contribution in [0.2, 0.25) is 5.02 Å². The third kappa shape index (κ3) is 2.04. The van der Waals surface area contributed by atoms with Gasteiger partial charge < -0.3 is 4.90 Å². The second-order valence-electron chi connectivity index (χ2n) is 4.43. The molecule has 1 amide bonds.